The highest BCUT2D eigenvalue weighted by Gasteiger charge is 2.21. The van der Waals surface area contributed by atoms with Gasteiger partial charge in [0.2, 0.25) is 0 Å². The van der Waals surface area contributed by atoms with E-state index in [1.54, 1.807) is 13.2 Å². The second-order valence-corrected chi connectivity index (χ2v) is 6.20. The molecule has 2 nitrogen and oxygen atoms in total. The lowest BCUT2D eigenvalue weighted by molar-refractivity contribution is 0.189. The summed E-state index contributed by atoms with van der Waals surface area (Å²) in [5, 5.41) is 1.75. The molecule has 0 atom stereocenters. The predicted molar refractivity (Wildman–Crippen MR) is 82.7 cm³/mol. The number of benzene rings is 1. The van der Waals surface area contributed by atoms with Gasteiger partial charge in [0.25, 0.3) is 0 Å². The molecule has 1 aliphatic rings. The molecule has 0 bridgehead atoms. The van der Waals surface area contributed by atoms with Crippen LogP contribution in [0.1, 0.15) is 25.7 Å². The Balaban J connectivity index is 1.82. The molecule has 0 radical (unpaired) electrons. The zero-order valence-electron chi connectivity index (χ0n) is 11.2. The number of ether oxygens (including phenoxy) is 2. The van der Waals surface area contributed by atoms with Crippen molar-refractivity contribution in [3.05, 3.63) is 23.2 Å². The van der Waals surface area contributed by atoms with E-state index >= 15 is 0 Å². The molecule has 2 rings (SSSR count). The summed E-state index contributed by atoms with van der Waals surface area (Å²) < 4.78 is 11.0. The van der Waals surface area contributed by atoms with Crippen LogP contribution >= 0.6 is 27.5 Å². The largest absolute Gasteiger partial charge is 0.497 e. The summed E-state index contributed by atoms with van der Waals surface area (Å²) in [6, 6.07) is 5.55. The van der Waals surface area contributed by atoms with E-state index < -0.39 is 0 Å². The molecule has 0 aliphatic heterocycles. The number of alkyl halides is 1. The van der Waals surface area contributed by atoms with Crippen LogP contribution < -0.4 is 9.47 Å². The lowest BCUT2D eigenvalue weighted by atomic mass is 9.83. The lowest BCUT2D eigenvalue weighted by Crippen LogP contribution is -2.20. The van der Waals surface area contributed by atoms with Crippen LogP contribution in [0.3, 0.4) is 0 Å². The fourth-order valence-electron chi connectivity index (χ4n) is 2.49. The van der Waals surface area contributed by atoms with Crippen LogP contribution in [0, 0.1) is 11.8 Å². The molecule has 0 heterocycles. The van der Waals surface area contributed by atoms with Gasteiger partial charge in [0.05, 0.1) is 18.7 Å². The van der Waals surface area contributed by atoms with Crippen molar-refractivity contribution >= 4 is 27.5 Å². The molecule has 1 aromatic carbocycles. The highest BCUT2D eigenvalue weighted by atomic mass is 79.9. The van der Waals surface area contributed by atoms with E-state index in [9.17, 15) is 0 Å². The van der Waals surface area contributed by atoms with Gasteiger partial charge in [0, 0.05) is 11.4 Å². The molecule has 1 aromatic rings. The van der Waals surface area contributed by atoms with Crippen LogP contribution in [0.2, 0.25) is 5.02 Å². The number of hydrogen-bond acceptors (Lipinski definition) is 2. The maximum absolute atomic E-state index is 6.16. The lowest BCUT2D eigenvalue weighted by Gasteiger charge is -2.27. The second-order valence-electron chi connectivity index (χ2n) is 5.15. The zero-order chi connectivity index (χ0) is 13.7. The van der Waals surface area contributed by atoms with Gasteiger partial charge in [-0.1, -0.05) is 27.5 Å². The molecular formula is C15H20BrClO2. The number of rotatable bonds is 5. The highest BCUT2D eigenvalue weighted by Crippen LogP contribution is 2.32. The Kier molecular flexibility index (Phi) is 5.83. The number of halogens is 2. The first-order chi connectivity index (χ1) is 9.22. The van der Waals surface area contributed by atoms with Gasteiger partial charge in [-0.05, 0) is 49.7 Å². The molecule has 1 saturated carbocycles. The average Bonchev–Trinajstić information content (AvgIpc) is 2.46. The first-order valence-electron chi connectivity index (χ1n) is 6.75. The molecule has 0 amide bonds. The van der Waals surface area contributed by atoms with Crippen LogP contribution in [0.25, 0.3) is 0 Å². The molecule has 0 N–H and O–H groups in total. The van der Waals surface area contributed by atoms with Gasteiger partial charge in [-0.25, -0.2) is 0 Å². The summed E-state index contributed by atoms with van der Waals surface area (Å²) in [5.74, 6) is 3.02. The zero-order valence-corrected chi connectivity index (χ0v) is 13.5. The van der Waals surface area contributed by atoms with E-state index in [-0.39, 0.29) is 0 Å². The third-order valence-corrected chi connectivity index (χ3v) is 5.01. The minimum absolute atomic E-state index is 0.619. The third-order valence-electron chi connectivity index (χ3n) is 3.80. The minimum Gasteiger partial charge on any atom is -0.497 e. The van der Waals surface area contributed by atoms with Crippen LogP contribution in [0.4, 0.5) is 0 Å². The van der Waals surface area contributed by atoms with Crippen molar-refractivity contribution < 1.29 is 9.47 Å². The van der Waals surface area contributed by atoms with E-state index in [2.05, 4.69) is 15.9 Å². The summed E-state index contributed by atoms with van der Waals surface area (Å²) >= 11 is 9.73. The van der Waals surface area contributed by atoms with Crippen molar-refractivity contribution in [2.75, 3.05) is 19.0 Å². The number of methoxy groups -OCH3 is 1. The summed E-state index contributed by atoms with van der Waals surface area (Å²) in [6.07, 6.45) is 5.11. The summed E-state index contributed by atoms with van der Waals surface area (Å²) in [7, 11) is 1.63. The minimum atomic E-state index is 0.619. The van der Waals surface area contributed by atoms with Gasteiger partial charge in [0.1, 0.15) is 11.5 Å². The van der Waals surface area contributed by atoms with Gasteiger partial charge < -0.3 is 9.47 Å². The molecule has 19 heavy (non-hydrogen) atoms. The molecular weight excluding hydrogens is 328 g/mol. The van der Waals surface area contributed by atoms with E-state index in [0.717, 1.165) is 29.4 Å². The molecule has 0 aromatic heterocycles. The smallest absolute Gasteiger partial charge is 0.138 e. The fraction of sp³-hybridized carbons (Fsp3) is 0.600. The van der Waals surface area contributed by atoms with Gasteiger partial charge in [0.15, 0.2) is 0 Å². The molecule has 0 spiro atoms. The van der Waals surface area contributed by atoms with Gasteiger partial charge in [-0.15, -0.1) is 0 Å². The average molecular weight is 348 g/mol. The van der Waals surface area contributed by atoms with Gasteiger partial charge >= 0.3 is 0 Å². The van der Waals surface area contributed by atoms with Crippen LogP contribution in [-0.2, 0) is 0 Å². The maximum atomic E-state index is 6.16. The maximum Gasteiger partial charge on any atom is 0.138 e. The van der Waals surface area contributed by atoms with E-state index in [4.69, 9.17) is 21.1 Å². The second kappa shape index (κ2) is 7.39. The Labute approximate surface area is 128 Å². The first-order valence-corrected chi connectivity index (χ1v) is 8.25. The van der Waals surface area contributed by atoms with E-state index in [1.807, 2.05) is 12.1 Å². The Hall–Kier alpha value is -0.410. The Morgan fingerprint density at radius 2 is 1.89 bits per heavy atom. The van der Waals surface area contributed by atoms with Gasteiger partial charge in [-0.3, -0.25) is 0 Å². The molecule has 1 aliphatic carbocycles. The van der Waals surface area contributed by atoms with Crippen molar-refractivity contribution in [2.24, 2.45) is 11.8 Å². The molecule has 106 valence electrons. The van der Waals surface area contributed by atoms with E-state index in [0.29, 0.717) is 10.9 Å². The van der Waals surface area contributed by atoms with E-state index in [1.165, 1.54) is 25.7 Å². The Morgan fingerprint density at radius 1 is 1.21 bits per heavy atom. The summed E-state index contributed by atoms with van der Waals surface area (Å²) in [4.78, 5) is 0. The third kappa shape index (κ3) is 4.28. The predicted octanol–water partition coefficient (Wildman–Crippen LogP) is 4.93. The topological polar surface area (TPSA) is 18.5 Å². The molecule has 1 fully saturated rings. The summed E-state index contributed by atoms with van der Waals surface area (Å²) in [6.45, 7) is 0.765. The van der Waals surface area contributed by atoms with Crippen molar-refractivity contribution in [1.82, 2.24) is 0 Å². The SMILES string of the molecule is COc1ccc(OCC2CCC(CBr)CC2)c(Cl)c1. The Morgan fingerprint density at radius 3 is 2.47 bits per heavy atom. The van der Waals surface area contributed by atoms with Crippen LogP contribution in [-0.4, -0.2) is 19.0 Å². The fourth-order valence-corrected chi connectivity index (χ4v) is 3.36. The van der Waals surface area contributed by atoms with Crippen molar-refractivity contribution in [3.63, 3.8) is 0 Å². The van der Waals surface area contributed by atoms with Crippen molar-refractivity contribution in [3.8, 4) is 11.5 Å². The number of hydrogen-bond donors (Lipinski definition) is 0. The quantitative estimate of drug-likeness (QED) is 0.703. The molecule has 0 saturated heterocycles. The van der Waals surface area contributed by atoms with Crippen LogP contribution in [0.15, 0.2) is 18.2 Å². The molecule has 4 heteroatoms. The monoisotopic (exact) mass is 346 g/mol. The first kappa shape index (κ1) is 15.0. The Bertz CT molecular complexity index is 403. The highest BCUT2D eigenvalue weighted by molar-refractivity contribution is 9.09. The van der Waals surface area contributed by atoms with Crippen molar-refractivity contribution in [1.29, 1.82) is 0 Å². The molecule has 0 unspecified atom stereocenters. The van der Waals surface area contributed by atoms with Gasteiger partial charge in [-0.2, -0.15) is 0 Å². The normalized spacial score (nSPS) is 23.1. The van der Waals surface area contributed by atoms with Crippen LogP contribution in [0.5, 0.6) is 11.5 Å². The van der Waals surface area contributed by atoms with Crippen molar-refractivity contribution in [2.45, 2.75) is 25.7 Å². The summed E-state index contributed by atoms with van der Waals surface area (Å²) in [5.41, 5.74) is 0. The standard InChI is InChI=1S/C15H20BrClO2/c1-18-13-6-7-15(14(17)8-13)19-10-12-4-2-11(9-16)3-5-12/h6-8,11-12H,2-5,9-10H2,1H3.